The van der Waals surface area contributed by atoms with Gasteiger partial charge >= 0.3 is 0 Å². The molecule has 6 heteroatoms. The molecule has 0 spiro atoms. The molecule has 2 rings (SSSR count). The lowest BCUT2D eigenvalue weighted by atomic mass is 10.0. The normalized spacial score (nSPS) is 11.8. The zero-order valence-electron chi connectivity index (χ0n) is 14.2. The minimum atomic E-state index is -0.350. The van der Waals surface area contributed by atoms with E-state index in [-0.39, 0.29) is 23.3 Å². The number of hydrogen-bond acceptors (Lipinski definition) is 5. The molecule has 2 aromatic rings. The predicted molar refractivity (Wildman–Crippen MR) is 96.7 cm³/mol. The number of benzene rings is 2. The Kier molecular flexibility index (Phi) is 5.76. The van der Waals surface area contributed by atoms with Crippen molar-refractivity contribution in [2.24, 2.45) is 0 Å². The number of anilines is 2. The number of nitrogens with one attached hydrogen (secondary N) is 1. The first kappa shape index (κ1) is 17.7. The molecular formula is C18H23N3O3. The zero-order valence-corrected chi connectivity index (χ0v) is 14.2. The second-order valence-corrected chi connectivity index (χ2v) is 5.81. The van der Waals surface area contributed by atoms with Gasteiger partial charge in [-0.05, 0) is 43.7 Å². The number of nitro benzene ring substituents is 1. The van der Waals surface area contributed by atoms with Crippen molar-refractivity contribution in [3.05, 3.63) is 63.7 Å². The summed E-state index contributed by atoms with van der Waals surface area (Å²) in [6, 6.07) is 13.0. The lowest BCUT2D eigenvalue weighted by Gasteiger charge is -2.20. The van der Waals surface area contributed by atoms with Crippen molar-refractivity contribution in [1.29, 1.82) is 0 Å². The van der Waals surface area contributed by atoms with Crippen LogP contribution in [0.4, 0.5) is 17.1 Å². The minimum absolute atomic E-state index is 0.0501. The highest BCUT2D eigenvalue weighted by Gasteiger charge is 2.17. The van der Waals surface area contributed by atoms with Crippen LogP contribution in [0.3, 0.4) is 0 Å². The van der Waals surface area contributed by atoms with Crippen LogP contribution in [0.1, 0.15) is 24.1 Å². The van der Waals surface area contributed by atoms with Crippen molar-refractivity contribution in [2.45, 2.75) is 19.9 Å². The molecule has 24 heavy (non-hydrogen) atoms. The van der Waals surface area contributed by atoms with Crippen LogP contribution in [0.5, 0.6) is 0 Å². The standard InChI is InChI=1S/C18H23N3O3/c1-13-17(5-4-6-18(13)21(23)24)14(2)19-15-7-9-16(10-8-15)20(3)11-12-22/h4-10,14,19,22H,11-12H2,1-3H3. The van der Waals surface area contributed by atoms with Crippen molar-refractivity contribution in [3.63, 3.8) is 0 Å². The molecule has 6 nitrogen and oxygen atoms in total. The Morgan fingerprint density at radius 1 is 1.25 bits per heavy atom. The fourth-order valence-corrected chi connectivity index (χ4v) is 2.73. The van der Waals surface area contributed by atoms with Crippen molar-refractivity contribution >= 4 is 17.1 Å². The van der Waals surface area contributed by atoms with Gasteiger partial charge in [-0.15, -0.1) is 0 Å². The van der Waals surface area contributed by atoms with E-state index in [2.05, 4.69) is 5.32 Å². The number of nitro groups is 1. The minimum Gasteiger partial charge on any atom is -0.395 e. The second kappa shape index (κ2) is 7.79. The average molecular weight is 329 g/mol. The van der Waals surface area contributed by atoms with Crippen LogP contribution in [-0.4, -0.2) is 30.2 Å². The monoisotopic (exact) mass is 329 g/mol. The molecular weight excluding hydrogens is 306 g/mol. The molecule has 0 radical (unpaired) electrons. The van der Waals surface area contributed by atoms with Gasteiger partial charge in [-0.25, -0.2) is 0 Å². The quantitative estimate of drug-likeness (QED) is 0.600. The van der Waals surface area contributed by atoms with Gasteiger partial charge < -0.3 is 15.3 Å². The Morgan fingerprint density at radius 3 is 2.50 bits per heavy atom. The van der Waals surface area contributed by atoms with Crippen LogP contribution in [-0.2, 0) is 0 Å². The van der Waals surface area contributed by atoms with E-state index in [1.54, 1.807) is 13.0 Å². The molecule has 0 saturated heterocycles. The maximum absolute atomic E-state index is 11.1. The summed E-state index contributed by atoms with van der Waals surface area (Å²) in [7, 11) is 1.92. The summed E-state index contributed by atoms with van der Waals surface area (Å²) in [4.78, 5) is 12.7. The Balaban J connectivity index is 2.14. The number of aliphatic hydroxyl groups is 1. The molecule has 0 heterocycles. The smallest absolute Gasteiger partial charge is 0.272 e. The number of hydrogen-bond donors (Lipinski definition) is 2. The van der Waals surface area contributed by atoms with E-state index in [4.69, 9.17) is 5.11 Å². The van der Waals surface area contributed by atoms with Crippen LogP contribution in [0.15, 0.2) is 42.5 Å². The SMILES string of the molecule is Cc1c(C(C)Nc2ccc(N(C)CCO)cc2)cccc1[N+](=O)[O-]. The Hall–Kier alpha value is -2.60. The first-order chi connectivity index (χ1) is 11.4. The molecule has 0 aliphatic rings. The summed E-state index contributed by atoms with van der Waals surface area (Å²) in [6.45, 7) is 4.45. The largest absolute Gasteiger partial charge is 0.395 e. The summed E-state index contributed by atoms with van der Waals surface area (Å²) in [5.74, 6) is 0. The molecule has 128 valence electrons. The van der Waals surface area contributed by atoms with Gasteiger partial charge in [0.15, 0.2) is 0 Å². The van der Waals surface area contributed by atoms with Gasteiger partial charge in [0, 0.05) is 42.6 Å². The van der Waals surface area contributed by atoms with E-state index in [1.807, 2.05) is 49.2 Å². The van der Waals surface area contributed by atoms with Crippen LogP contribution in [0.25, 0.3) is 0 Å². The number of aliphatic hydroxyl groups excluding tert-OH is 1. The van der Waals surface area contributed by atoms with Gasteiger partial charge in [0.05, 0.1) is 11.5 Å². The maximum atomic E-state index is 11.1. The van der Waals surface area contributed by atoms with E-state index >= 15 is 0 Å². The van der Waals surface area contributed by atoms with Gasteiger partial charge in [-0.3, -0.25) is 10.1 Å². The molecule has 2 N–H and O–H groups in total. The molecule has 0 bridgehead atoms. The van der Waals surface area contributed by atoms with Crippen molar-refractivity contribution < 1.29 is 10.0 Å². The van der Waals surface area contributed by atoms with Gasteiger partial charge in [0.25, 0.3) is 5.69 Å². The molecule has 0 fully saturated rings. The van der Waals surface area contributed by atoms with E-state index in [0.29, 0.717) is 12.1 Å². The molecule has 0 amide bonds. The third kappa shape index (κ3) is 4.02. The fraction of sp³-hybridized carbons (Fsp3) is 0.333. The number of nitrogens with zero attached hydrogens (tertiary/aromatic N) is 2. The van der Waals surface area contributed by atoms with Crippen molar-refractivity contribution in [3.8, 4) is 0 Å². The summed E-state index contributed by atoms with van der Waals surface area (Å²) >= 11 is 0. The van der Waals surface area contributed by atoms with Crippen LogP contribution >= 0.6 is 0 Å². The number of rotatable bonds is 7. The topological polar surface area (TPSA) is 78.6 Å². The molecule has 1 atom stereocenters. The highest BCUT2D eigenvalue weighted by Crippen LogP contribution is 2.28. The highest BCUT2D eigenvalue weighted by molar-refractivity contribution is 5.56. The number of likely N-dealkylation sites (N-methyl/N-ethyl adjacent to an activating group) is 1. The van der Waals surface area contributed by atoms with Gasteiger partial charge in [-0.1, -0.05) is 12.1 Å². The van der Waals surface area contributed by atoms with Gasteiger partial charge in [-0.2, -0.15) is 0 Å². The van der Waals surface area contributed by atoms with Crippen LogP contribution in [0, 0.1) is 17.0 Å². The second-order valence-electron chi connectivity index (χ2n) is 5.81. The summed E-state index contributed by atoms with van der Waals surface area (Å²) < 4.78 is 0. The first-order valence-corrected chi connectivity index (χ1v) is 7.86. The molecule has 2 aromatic carbocycles. The third-order valence-electron chi connectivity index (χ3n) is 4.14. The van der Waals surface area contributed by atoms with Gasteiger partial charge in [0.2, 0.25) is 0 Å². The van der Waals surface area contributed by atoms with E-state index in [1.165, 1.54) is 6.07 Å². The summed E-state index contributed by atoms with van der Waals surface area (Å²) in [5, 5.41) is 23.4. The van der Waals surface area contributed by atoms with Crippen LogP contribution in [0.2, 0.25) is 0 Å². The van der Waals surface area contributed by atoms with Gasteiger partial charge in [0.1, 0.15) is 0 Å². The van der Waals surface area contributed by atoms with E-state index in [0.717, 1.165) is 16.9 Å². The highest BCUT2D eigenvalue weighted by atomic mass is 16.6. The molecule has 0 aliphatic carbocycles. The third-order valence-corrected chi connectivity index (χ3v) is 4.14. The van der Waals surface area contributed by atoms with Crippen molar-refractivity contribution in [2.75, 3.05) is 30.4 Å². The molecule has 1 unspecified atom stereocenters. The molecule has 0 aromatic heterocycles. The molecule has 0 saturated carbocycles. The van der Waals surface area contributed by atoms with Crippen LogP contribution < -0.4 is 10.2 Å². The molecule has 0 aliphatic heterocycles. The maximum Gasteiger partial charge on any atom is 0.272 e. The Morgan fingerprint density at radius 2 is 1.92 bits per heavy atom. The predicted octanol–water partition coefficient (Wildman–Crippen LogP) is 3.50. The van der Waals surface area contributed by atoms with E-state index < -0.39 is 0 Å². The Bertz CT molecular complexity index is 701. The first-order valence-electron chi connectivity index (χ1n) is 7.86. The zero-order chi connectivity index (χ0) is 17.7. The van der Waals surface area contributed by atoms with E-state index in [9.17, 15) is 10.1 Å². The average Bonchev–Trinajstić information content (AvgIpc) is 2.55. The summed E-state index contributed by atoms with van der Waals surface area (Å²) in [5.41, 5.74) is 3.69. The lowest BCUT2D eigenvalue weighted by Crippen LogP contribution is -2.20. The lowest BCUT2D eigenvalue weighted by molar-refractivity contribution is -0.385. The van der Waals surface area contributed by atoms with Crippen molar-refractivity contribution in [1.82, 2.24) is 0 Å². The fourth-order valence-electron chi connectivity index (χ4n) is 2.73. The Labute approximate surface area is 141 Å². The summed E-state index contributed by atoms with van der Waals surface area (Å²) in [6.07, 6.45) is 0.